The van der Waals surface area contributed by atoms with Crippen LogP contribution >= 0.6 is 0 Å². The Hall–Kier alpha value is -2.32. The van der Waals surface area contributed by atoms with Crippen molar-refractivity contribution >= 4 is 21.6 Å². The molecular weight excluding hydrogens is 350 g/mol. The molecule has 2 aromatic carbocycles. The molecule has 0 spiro atoms. The van der Waals surface area contributed by atoms with Crippen molar-refractivity contribution in [3.8, 4) is 0 Å². The summed E-state index contributed by atoms with van der Waals surface area (Å²) < 4.78 is 54.5. The molecule has 0 fully saturated rings. The molecule has 0 saturated heterocycles. The molecule has 0 aromatic heterocycles. The summed E-state index contributed by atoms with van der Waals surface area (Å²) in [7, 11) is -3.91. The van der Waals surface area contributed by atoms with Gasteiger partial charge < -0.3 is 5.32 Å². The van der Waals surface area contributed by atoms with Crippen LogP contribution < -0.4 is 10.0 Å². The number of amides is 1. The van der Waals surface area contributed by atoms with Gasteiger partial charge in [-0.1, -0.05) is 12.1 Å². The first-order valence-electron chi connectivity index (χ1n) is 7.39. The van der Waals surface area contributed by atoms with Crippen LogP contribution in [-0.2, 0) is 10.0 Å². The lowest BCUT2D eigenvalue weighted by molar-refractivity contribution is 0.102. The molecule has 2 aromatic rings. The van der Waals surface area contributed by atoms with E-state index in [1.165, 1.54) is 18.2 Å². The molecule has 2 rings (SSSR count). The second-order valence-electron chi connectivity index (χ2n) is 6.43. The average Bonchev–Trinajstić information content (AvgIpc) is 2.47. The molecule has 0 bridgehead atoms. The van der Waals surface area contributed by atoms with E-state index in [1.54, 1.807) is 20.8 Å². The van der Waals surface area contributed by atoms with Crippen molar-refractivity contribution in [3.05, 3.63) is 59.7 Å². The molecule has 0 atom stereocenters. The fourth-order valence-electron chi connectivity index (χ4n) is 2.06. The number of hydrogen-bond acceptors (Lipinski definition) is 3. The molecule has 0 aliphatic heterocycles. The maximum Gasteiger partial charge on any atom is 0.258 e. The smallest absolute Gasteiger partial charge is 0.258 e. The molecule has 2 N–H and O–H groups in total. The third-order valence-corrected chi connectivity index (χ3v) is 4.81. The Balaban J connectivity index is 2.26. The van der Waals surface area contributed by atoms with Crippen LogP contribution in [0.4, 0.5) is 14.5 Å². The van der Waals surface area contributed by atoms with E-state index in [0.29, 0.717) is 0 Å². The third kappa shape index (κ3) is 4.83. The normalized spacial score (nSPS) is 12.0. The number of nitrogens with one attached hydrogen (secondary N) is 2. The Labute approximate surface area is 145 Å². The van der Waals surface area contributed by atoms with Gasteiger partial charge in [0.25, 0.3) is 5.91 Å². The van der Waals surface area contributed by atoms with E-state index in [-0.39, 0.29) is 16.1 Å². The largest absolute Gasteiger partial charge is 0.319 e. The Morgan fingerprint density at radius 1 is 1.00 bits per heavy atom. The molecule has 5 nitrogen and oxygen atoms in total. The lowest BCUT2D eigenvalue weighted by Crippen LogP contribution is -2.40. The fraction of sp³-hybridized carbons (Fsp3) is 0.235. The van der Waals surface area contributed by atoms with Gasteiger partial charge in [0.05, 0.1) is 16.1 Å². The van der Waals surface area contributed by atoms with Gasteiger partial charge in [0.1, 0.15) is 11.6 Å². The highest BCUT2D eigenvalue weighted by Crippen LogP contribution is 2.21. The van der Waals surface area contributed by atoms with Gasteiger partial charge in [0.15, 0.2) is 0 Å². The second-order valence-corrected chi connectivity index (χ2v) is 8.11. The number of sulfonamides is 1. The summed E-state index contributed by atoms with van der Waals surface area (Å²) in [5, 5.41) is 2.23. The summed E-state index contributed by atoms with van der Waals surface area (Å²) in [5.41, 5.74) is -1.22. The predicted molar refractivity (Wildman–Crippen MR) is 90.8 cm³/mol. The van der Waals surface area contributed by atoms with E-state index in [2.05, 4.69) is 10.0 Å². The summed E-state index contributed by atoms with van der Waals surface area (Å²) in [6, 6.07) is 8.34. The van der Waals surface area contributed by atoms with Crippen molar-refractivity contribution in [2.75, 3.05) is 5.32 Å². The van der Waals surface area contributed by atoms with E-state index in [1.807, 2.05) is 0 Å². The molecule has 0 unspecified atom stereocenters. The minimum absolute atomic E-state index is 0.243. The van der Waals surface area contributed by atoms with E-state index in [4.69, 9.17) is 0 Å². The van der Waals surface area contributed by atoms with Crippen LogP contribution in [0.5, 0.6) is 0 Å². The molecule has 0 aliphatic rings. The van der Waals surface area contributed by atoms with E-state index in [9.17, 15) is 22.0 Å². The Bertz CT molecular complexity index is 906. The number of benzene rings is 2. The third-order valence-electron chi connectivity index (χ3n) is 3.06. The number of carbonyl (C=O) groups excluding carboxylic acids is 1. The lowest BCUT2D eigenvalue weighted by Gasteiger charge is -2.20. The number of halogens is 2. The Morgan fingerprint density at radius 3 is 2.20 bits per heavy atom. The van der Waals surface area contributed by atoms with E-state index in [0.717, 1.165) is 24.3 Å². The van der Waals surface area contributed by atoms with Crippen LogP contribution in [0.3, 0.4) is 0 Å². The molecule has 134 valence electrons. The molecule has 25 heavy (non-hydrogen) atoms. The standard InChI is InChI=1S/C17H18F2N2O3S/c1-17(2,3)21-25(23,24)11-8-9-15(14(19)10-11)20-16(22)12-6-4-5-7-13(12)18/h4-10,21H,1-3H3,(H,20,22). The molecule has 1 amide bonds. The van der Waals surface area contributed by atoms with Crippen LogP contribution in [0.25, 0.3) is 0 Å². The lowest BCUT2D eigenvalue weighted by atomic mass is 10.1. The maximum absolute atomic E-state index is 14.2. The summed E-state index contributed by atoms with van der Waals surface area (Å²) in [6.07, 6.45) is 0. The number of rotatable bonds is 4. The van der Waals surface area contributed by atoms with Gasteiger partial charge in [0.2, 0.25) is 10.0 Å². The Kier molecular flexibility index (Phi) is 5.24. The van der Waals surface area contributed by atoms with Crippen molar-refractivity contribution in [2.45, 2.75) is 31.2 Å². The minimum Gasteiger partial charge on any atom is -0.319 e. The van der Waals surface area contributed by atoms with Gasteiger partial charge in [-0.3, -0.25) is 4.79 Å². The zero-order valence-electron chi connectivity index (χ0n) is 13.9. The van der Waals surface area contributed by atoms with Crippen LogP contribution in [-0.4, -0.2) is 19.9 Å². The molecule has 0 heterocycles. The number of carbonyl (C=O) groups is 1. The van der Waals surface area contributed by atoms with Crippen LogP contribution in [0.1, 0.15) is 31.1 Å². The van der Waals surface area contributed by atoms with E-state index >= 15 is 0 Å². The first-order chi connectivity index (χ1) is 11.5. The van der Waals surface area contributed by atoms with E-state index < -0.39 is 33.1 Å². The highest BCUT2D eigenvalue weighted by molar-refractivity contribution is 7.89. The topological polar surface area (TPSA) is 75.3 Å². The monoisotopic (exact) mass is 368 g/mol. The highest BCUT2D eigenvalue weighted by atomic mass is 32.2. The van der Waals surface area contributed by atoms with Crippen molar-refractivity contribution in [1.82, 2.24) is 4.72 Å². The second kappa shape index (κ2) is 6.89. The number of hydrogen-bond donors (Lipinski definition) is 2. The van der Waals surface area contributed by atoms with Crippen LogP contribution in [0.2, 0.25) is 0 Å². The average molecular weight is 368 g/mol. The van der Waals surface area contributed by atoms with Crippen LogP contribution in [0.15, 0.2) is 47.4 Å². The van der Waals surface area contributed by atoms with Crippen molar-refractivity contribution in [1.29, 1.82) is 0 Å². The zero-order valence-corrected chi connectivity index (χ0v) is 14.7. The quantitative estimate of drug-likeness (QED) is 0.870. The summed E-state index contributed by atoms with van der Waals surface area (Å²) in [4.78, 5) is 11.7. The summed E-state index contributed by atoms with van der Waals surface area (Å²) in [5.74, 6) is -2.52. The minimum atomic E-state index is -3.91. The predicted octanol–water partition coefficient (Wildman–Crippen LogP) is 3.29. The molecule has 0 radical (unpaired) electrons. The molecule has 8 heteroatoms. The van der Waals surface area contributed by atoms with Gasteiger partial charge in [-0.2, -0.15) is 0 Å². The molecule has 0 aliphatic carbocycles. The van der Waals surface area contributed by atoms with Gasteiger partial charge in [0, 0.05) is 5.54 Å². The highest BCUT2D eigenvalue weighted by Gasteiger charge is 2.23. The molecule has 0 saturated carbocycles. The van der Waals surface area contributed by atoms with Gasteiger partial charge >= 0.3 is 0 Å². The van der Waals surface area contributed by atoms with Gasteiger partial charge in [-0.25, -0.2) is 21.9 Å². The van der Waals surface area contributed by atoms with Crippen molar-refractivity contribution in [3.63, 3.8) is 0 Å². The summed E-state index contributed by atoms with van der Waals surface area (Å²) in [6.45, 7) is 4.97. The van der Waals surface area contributed by atoms with Crippen molar-refractivity contribution in [2.24, 2.45) is 0 Å². The number of anilines is 1. The summed E-state index contributed by atoms with van der Waals surface area (Å²) >= 11 is 0. The first-order valence-corrected chi connectivity index (χ1v) is 8.87. The van der Waals surface area contributed by atoms with Crippen molar-refractivity contribution < 1.29 is 22.0 Å². The SMILES string of the molecule is CC(C)(C)NS(=O)(=O)c1ccc(NC(=O)c2ccccc2F)c(F)c1. The zero-order chi connectivity index (χ0) is 18.8. The molecular formula is C17H18F2N2O3S. The fourth-order valence-corrected chi connectivity index (χ4v) is 3.49. The van der Waals surface area contributed by atoms with Gasteiger partial charge in [-0.15, -0.1) is 0 Å². The maximum atomic E-state index is 14.2. The first kappa shape index (κ1) is 19.0. The van der Waals surface area contributed by atoms with Crippen LogP contribution in [0, 0.1) is 11.6 Å². The van der Waals surface area contributed by atoms with Gasteiger partial charge in [-0.05, 0) is 51.1 Å². The Morgan fingerprint density at radius 2 is 1.64 bits per heavy atom.